The Kier molecular flexibility index (Phi) is 6.95. The molecule has 12 aromatic rings. The second kappa shape index (κ2) is 12.5. The first-order chi connectivity index (χ1) is 29.7. The molecule has 284 valence electrons. The lowest BCUT2D eigenvalue weighted by atomic mass is 9.83. The third kappa shape index (κ3) is 4.45. The van der Waals surface area contributed by atoms with Crippen molar-refractivity contribution in [3.63, 3.8) is 0 Å². The van der Waals surface area contributed by atoms with Crippen LogP contribution in [0.3, 0.4) is 0 Å². The summed E-state index contributed by atoms with van der Waals surface area (Å²) in [7, 11) is 0. The van der Waals surface area contributed by atoms with Gasteiger partial charge in [-0.3, -0.25) is 0 Å². The van der Waals surface area contributed by atoms with Gasteiger partial charge in [0.05, 0.1) is 38.8 Å². The summed E-state index contributed by atoms with van der Waals surface area (Å²) in [5.41, 5.74) is 18.9. The smallest absolute Gasteiger partial charge is 0.0641 e. The summed E-state index contributed by atoms with van der Waals surface area (Å²) >= 11 is 0. The highest BCUT2D eigenvalue weighted by molar-refractivity contribution is 6.26. The predicted molar refractivity (Wildman–Crippen MR) is 251 cm³/mol. The minimum atomic E-state index is 0.323. The SMILES string of the molecule is Cc1cccc2c1c1c(n2-c2ccccc2)-c2c(n(-c3cccc(-n4c5ccccc5c5c4ccc4c6ccccc6n(-c6ccccc6)c45)c3)c3ccccc23)CC1C. The minimum Gasteiger partial charge on any atom is -0.313 e. The van der Waals surface area contributed by atoms with Crippen LogP contribution in [-0.2, 0) is 6.42 Å². The standard InChI is InChI=1S/C56H40N4/c1-35-17-15-30-48-51(35)52-36(2)33-50-54(56(52)60(48)38-20-7-4-8-21-38)44-26-11-14-29-47(44)58(50)40-23-16-22-39(34-40)57-46-28-13-10-25-43(46)53-49(57)32-31-42-41-24-9-12-27-45(41)59(55(42)53)37-18-5-3-6-19-37/h3-32,34,36H,33H2,1-2H3. The van der Waals surface area contributed by atoms with Crippen molar-refractivity contribution in [3.05, 3.63) is 205 Å². The van der Waals surface area contributed by atoms with E-state index in [4.69, 9.17) is 0 Å². The summed E-state index contributed by atoms with van der Waals surface area (Å²) < 4.78 is 10.0. The van der Waals surface area contributed by atoms with Crippen LogP contribution in [0.4, 0.5) is 0 Å². The largest absolute Gasteiger partial charge is 0.313 e. The molecular weight excluding hydrogens is 729 g/mol. The molecule has 0 bridgehead atoms. The maximum atomic E-state index is 2.56. The lowest BCUT2D eigenvalue weighted by molar-refractivity contribution is 0.721. The Labute approximate surface area is 347 Å². The molecule has 0 amide bonds. The quantitative estimate of drug-likeness (QED) is 0.170. The van der Waals surface area contributed by atoms with Gasteiger partial charge in [0.15, 0.2) is 0 Å². The summed E-state index contributed by atoms with van der Waals surface area (Å²) in [6, 6.07) is 69.3. The van der Waals surface area contributed by atoms with E-state index in [-0.39, 0.29) is 0 Å². The maximum absolute atomic E-state index is 2.56. The molecule has 0 N–H and O–H groups in total. The average molecular weight is 769 g/mol. The van der Waals surface area contributed by atoms with E-state index in [1.54, 1.807) is 0 Å². The monoisotopic (exact) mass is 768 g/mol. The number of rotatable bonds is 4. The Morgan fingerprint density at radius 2 is 0.933 bits per heavy atom. The lowest BCUT2D eigenvalue weighted by Crippen LogP contribution is -2.13. The second-order valence-corrected chi connectivity index (χ2v) is 16.6. The zero-order valence-electron chi connectivity index (χ0n) is 33.5. The van der Waals surface area contributed by atoms with E-state index >= 15 is 0 Å². The molecule has 0 aliphatic heterocycles. The first-order valence-electron chi connectivity index (χ1n) is 21.1. The van der Waals surface area contributed by atoms with Gasteiger partial charge in [-0.25, -0.2) is 0 Å². The van der Waals surface area contributed by atoms with Crippen LogP contribution in [0.25, 0.3) is 99.4 Å². The molecule has 8 aromatic carbocycles. The second-order valence-electron chi connectivity index (χ2n) is 16.6. The molecule has 4 heteroatoms. The number of benzene rings is 8. The van der Waals surface area contributed by atoms with Crippen molar-refractivity contribution in [3.8, 4) is 34.0 Å². The molecule has 0 fully saturated rings. The summed E-state index contributed by atoms with van der Waals surface area (Å²) in [5.74, 6) is 0.323. The normalized spacial score (nSPS) is 13.9. The number of aryl methyl sites for hydroxylation is 1. The van der Waals surface area contributed by atoms with Gasteiger partial charge in [0.2, 0.25) is 0 Å². The molecule has 60 heavy (non-hydrogen) atoms. The zero-order chi connectivity index (χ0) is 39.6. The Morgan fingerprint density at radius 1 is 0.400 bits per heavy atom. The summed E-state index contributed by atoms with van der Waals surface area (Å²) in [6.45, 7) is 4.70. The summed E-state index contributed by atoms with van der Waals surface area (Å²) in [6.07, 6.45) is 0.945. The highest BCUT2D eigenvalue weighted by atomic mass is 15.1. The van der Waals surface area contributed by atoms with Crippen LogP contribution in [0.5, 0.6) is 0 Å². The molecule has 4 aromatic heterocycles. The van der Waals surface area contributed by atoms with Crippen LogP contribution in [0, 0.1) is 6.92 Å². The molecule has 0 saturated carbocycles. The molecule has 1 aliphatic carbocycles. The lowest BCUT2D eigenvalue weighted by Gasteiger charge is -2.25. The number of aromatic nitrogens is 4. The van der Waals surface area contributed by atoms with Crippen molar-refractivity contribution in [2.24, 2.45) is 0 Å². The number of para-hydroxylation sites is 5. The molecule has 1 atom stereocenters. The molecular formula is C56H40N4. The van der Waals surface area contributed by atoms with Crippen LogP contribution in [0.15, 0.2) is 188 Å². The molecule has 1 aliphatic rings. The maximum Gasteiger partial charge on any atom is 0.0641 e. The van der Waals surface area contributed by atoms with Crippen molar-refractivity contribution in [2.45, 2.75) is 26.2 Å². The van der Waals surface area contributed by atoms with E-state index in [0.717, 1.165) is 17.8 Å². The number of fused-ring (bicyclic) bond motifs is 14. The van der Waals surface area contributed by atoms with E-state index < -0.39 is 0 Å². The first kappa shape index (κ1) is 33.4. The highest BCUT2D eigenvalue weighted by Gasteiger charge is 2.35. The van der Waals surface area contributed by atoms with Gasteiger partial charge in [0.25, 0.3) is 0 Å². The Bertz CT molecular complexity index is 3700. The summed E-state index contributed by atoms with van der Waals surface area (Å²) in [4.78, 5) is 0. The van der Waals surface area contributed by atoms with Crippen molar-refractivity contribution in [1.29, 1.82) is 0 Å². The number of hydrogen-bond acceptors (Lipinski definition) is 0. The topological polar surface area (TPSA) is 19.7 Å². The van der Waals surface area contributed by atoms with E-state index in [1.165, 1.54) is 105 Å². The van der Waals surface area contributed by atoms with Crippen molar-refractivity contribution >= 4 is 65.4 Å². The fourth-order valence-corrected chi connectivity index (χ4v) is 11.0. The highest BCUT2D eigenvalue weighted by Crippen LogP contribution is 2.51. The molecule has 0 spiro atoms. The van der Waals surface area contributed by atoms with Gasteiger partial charge in [-0.05, 0) is 103 Å². The first-order valence-corrected chi connectivity index (χ1v) is 21.1. The third-order valence-corrected chi connectivity index (χ3v) is 13.3. The number of nitrogens with zero attached hydrogens (tertiary/aromatic N) is 4. The van der Waals surface area contributed by atoms with Gasteiger partial charge in [-0.1, -0.05) is 122 Å². The fraction of sp³-hybridized carbons (Fsp3) is 0.0714. The van der Waals surface area contributed by atoms with Crippen molar-refractivity contribution in [2.75, 3.05) is 0 Å². The summed E-state index contributed by atoms with van der Waals surface area (Å²) in [5, 5.41) is 7.72. The van der Waals surface area contributed by atoms with Crippen LogP contribution >= 0.6 is 0 Å². The van der Waals surface area contributed by atoms with Crippen molar-refractivity contribution in [1.82, 2.24) is 18.3 Å². The fourth-order valence-electron chi connectivity index (χ4n) is 11.0. The van der Waals surface area contributed by atoms with Gasteiger partial charge in [0, 0.05) is 66.3 Å². The van der Waals surface area contributed by atoms with Gasteiger partial charge in [-0.15, -0.1) is 0 Å². The molecule has 0 radical (unpaired) electrons. The molecule has 4 heterocycles. The molecule has 0 saturated heterocycles. The Hall–Kier alpha value is -7.56. The van der Waals surface area contributed by atoms with Crippen LogP contribution in [-0.4, -0.2) is 18.3 Å². The Morgan fingerprint density at radius 3 is 1.67 bits per heavy atom. The van der Waals surface area contributed by atoms with E-state index in [2.05, 4.69) is 220 Å². The zero-order valence-corrected chi connectivity index (χ0v) is 33.5. The molecule has 1 unspecified atom stereocenters. The predicted octanol–water partition coefficient (Wildman–Crippen LogP) is 14.4. The van der Waals surface area contributed by atoms with Crippen LogP contribution in [0.2, 0.25) is 0 Å². The van der Waals surface area contributed by atoms with E-state index in [1.807, 2.05) is 0 Å². The average Bonchev–Trinajstić information content (AvgIpc) is 4.02. The van der Waals surface area contributed by atoms with Gasteiger partial charge in [-0.2, -0.15) is 0 Å². The molecule has 4 nitrogen and oxygen atoms in total. The molecule has 13 rings (SSSR count). The number of hydrogen-bond donors (Lipinski definition) is 0. The van der Waals surface area contributed by atoms with E-state index in [9.17, 15) is 0 Å². The Balaban J connectivity index is 1.09. The van der Waals surface area contributed by atoms with E-state index in [0.29, 0.717) is 5.92 Å². The van der Waals surface area contributed by atoms with Gasteiger partial charge in [0.1, 0.15) is 0 Å². The van der Waals surface area contributed by atoms with Crippen LogP contribution in [0.1, 0.15) is 29.7 Å². The third-order valence-electron chi connectivity index (χ3n) is 13.3. The minimum absolute atomic E-state index is 0.323. The van der Waals surface area contributed by atoms with Gasteiger partial charge < -0.3 is 18.3 Å². The van der Waals surface area contributed by atoms with Crippen molar-refractivity contribution < 1.29 is 0 Å². The van der Waals surface area contributed by atoms with Gasteiger partial charge >= 0.3 is 0 Å². The van der Waals surface area contributed by atoms with Crippen LogP contribution < -0.4 is 0 Å².